The Morgan fingerprint density at radius 1 is 1.11 bits per heavy atom. The highest BCUT2D eigenvalue weighted by Gasteiger charge is 2.30. The Bertz CT molecular complexity index is 1060. The van der Waals surface area contributed by atoms with Crippen LogP contribution in [0.2, 0.25) is 5.15 Å². The van der Waals surface area contributed by atoms with Gasteiger partial charge in [-0.15, -0.1) is 0 Å². The molecule has 1 fully saturated rings. The fourth-order valence-electron chi connectivity index (χ4n) is 3.16. The van der Waals surface area contributed by atoms with Gasteiger partial charge in [0.05, 0.1) is 15.8 Å². The van der Waals surface area contributed by atoms with Crippen LogP contribution in [0.1, 0.15) is 12.8 Å². The van der Waals surface area contributed by atoms with Crippen molar-refractivity contribution in [2.24, 2.45) is 0 Å². The summed E-state index contributed by atoms with van der Waals surface area (Å²) in [6, 6.07) is 14.4. The first-order chi connectivity index (χ1) is 13.5. The molecule has 3 heterocycles. The Labute approximate surface area is 168 Å². The molecule has 1 aliphatic rings. The van der Waals surface area contributed by atoms with Crippen LogP contribution in [0.3, 0.4) is 0 Å². The summed E-state index contributed by atoms with van der Waals surface area (Å²) in [5.41, 5.74) is 1.73. The van der Waals surface area contributed by atoms with Crippen LogP contribution in [0.15, 0.2) is 53.4 Å². The van der Waals surface area contributed by atoms with Gasteiger partial charge in [0.25, 0.3) is 0 Å². The molecule has 0 unspecified atom stereocenters. The number of nitrogens with one attached hydrogen (secondary N) is 2. The Hall–Kier alpha value is -2.42. The van der Waals surface area contributed by atoms with Gasteiger partial charge >= 0.3 is 0 Å². The molecule has 0 saturated carbocycles. The van der Waals surface area contributed by atoms with Gasteiger partial charge in [-0.05, 0) is 25.0 Å². The molecule has 0 atom stereocenters. The third-order valence-electron chi connectivity index (χ3n) is 4.61. The number of aromatic nitrogens is 3. The van der Waals surface area contributed by atoms with Crippen molar-refractivity contribution in [3.05, 3.63) is 53.7 Å². The molecule has 3 aromatic rings. The molecule has 0 radical (unpaired) electrons. The summed E-state index contributed by atoms with van der Waals surface area (Å²) < 4.78 is 31.2. The van der Waals surface area contributed by atoms with Crippen LogP contribution in [0.4, 0.5) is 11.6 Å². The number of anilines is 2. The number of hydrogen-bond donors (Lipinski definition) is 2. The lowest BCUT2D eigenvalue weighted by Gasteiger charge is -2.22. The van der Waals surface area contributed by atoms with Crippen molar-refractivity contribution in [2.75, 3.05) is 18.5 Å². The van der Waals surface area contributed by atoms with E-state index in [9.17, 15) is 8.42 Å². The first-order valence-electron chi connectivity index (χ1n) is 8.89. The smallest absolute Gasteiger partial charge is 0.181 e. The zero-order valence-corrected chi connectivity index (χ0v) is 16.5. The number of ether oxygens (including phenoxy) is 1. The molecule has 0 amide bonds. The minimum Gasteiger partial charge on any atom is -0.381 e. The maximum absolute atomic E-state index is 12.9. The summed E-state index contributed by atoms with van der Waals surface area (Å²) in [6.07, 6.45) is 0.956. The van der Waals surface area contributed by atoms with E-state index in [0.29, 0.717) is 37.7 Å². The lowest BCUT2D eigenvalue weighted by Crippen LogP contribution is -2.29. The van der Waals surface area contributed by atoms with Crippen molar-refractivity contribution in [3.8, 4) is 11.3 Å². The largest absolute Gasteiger partial charge is 0.381 e. The fourth-order valence-corrected chi connectivity index (χ4v) is 5.18. The molecule has 7 nitrogen and oxygen atoms in total. The maximum Gasteiger partial charge on any atom is 0.181 e. The molecular weight excluding hydrogens is 400 g/mol. The predicted molar refractivity (Wildman–Crippen MR) is 108 cm³/mol. The van der Waals surface area contributed by atoms with E-state index in [1.807, 2.05) is 36.4 Å². The molecule has 1 saturated heterocycles. The molecule has 2 N–H and O–H groups in total. The van der Waals surface area contributed by atoms with Gasteiger partial charge in [0.15, 0.2) is 9.84 Å². The summed E-state index contributed by atoms with van der Waals surface area (Å²) >= 11 is 6.10. The van der Waals surface area contributed by atoms with Gasteiger partial charge in [0.2, 0.25) is 0 Å². The van der Waals surface area contributed by atoms with E-state index in [1.165, 1.54) is 12.1 Å². The van der Waals surface area contributed by atoms with Crippen LogP contribution in [0.5, 0.6) is 0 Å². The topological polar surface area (TPSA) is 97.0 Å². The van der Waals surface area contributed by atoms with Gasteiger partial charge in [-0.2, -0.15) is 5.10 Å². The van der Waals surface area contributed by atoms with Crippen molar-refractivity contribution in [1.82, 2.24) is 15.2 Å². The normalized spacial score (nSPS) is 15.5. The Kier molecular flexibility index (Phi) is 5.34. The van der Waals surface area contributed by atoms with Crippen LogP contribution >= 0.6 is 11.6 Å². The van der Waals surface area contributed by atoms with Crippen molar-refractivity contribution >= 4 is 33.1 Å². The van der Waals surface area contributed by atoms with Gasteiger partial charge in [-0.1, -0.05) is 41.9 Å². The Morgan fingerprint density at radius 3 is 2.61 bits per heavy atom. The molecule has 0 bridgehead atoms. The number of aromatic amines is 1. The molecule has 28 heavy (non-hydrogen) atoms. The lowest BCUT2D eigenvalue weighted by molar-refractivity contribution is 0.0983. The Balaban J connectivity index is 1.59. The number of nitrogens with zero attached hydrogens (tertiary/aromatic N) is 2. The summed E-state index contributed by atoms with van der Waals surface area (Å²) in [5.74, 6) is 0.921. The van der Waals surface area contributed by atoms with Gasteiger partial charge in [-0.3, -0.25) is 5.10 Å². The molecule has 0 aliphatic carbocycles. The fraction of sp³-hybridized carbons (Fsp3) is 0.263. The zero-order chi connectivity index (χ0) is 19.6. The van der Waals surface area contributed by atoms with E-state index in [-0.39, 0.29) is 10.0 Å². The van der Waals surface area contributed by atoms with E-state index >= 15 is 0 Å². The number of pyridine rings is 1. The molecule has 1 aromatic carbocycles. The van der Waals surface area contributed by atoms with Crippen LogP contribution < -0.4 is 5.32 Å². The minimum atomic E-state index is -3.51. The molecular formula is C19H19ClN4O3S. The van der Waals surface area contributed by atoms with Crippen molar-refractivity contribution < 1.29 is 13.2 Å². The first kappa shape index (κ1) is 18.9. The van der Waals surface area contributed by atoms with E-state index in [4.69, 9.17) is 16.3 Å². The second-order valence-corrected chi connectivity index (χ2v) is 9.14. The summed E-state index contributed by atoms with van der Waals surface area (Å²) in [7, 11) is -3.51. The van der Waals surface area contributed by atoms with E-state index in [1.54, 1.807) is 0 Å². The van der Waals surface area contributed by atoms with E-state index in [0.717, 1.165) is 11.3 Å². The van der Waals surface area contributed by atoms with E-state index in [2.05, 4.69) is 20.5 Å². The van der Waals surface area contributed by atoms with Gasteiger partial charge in [-0.25, -0.2) is 13.4 Å². The lowest BCUT2D eigenvalue weighted by atomic mass is 10.2. The first-order valence-corrected chi connectivity index (χ1v) is 10.8. The van der Waals surface area contributed by atoms with Crippen LogP contribution in [-0.4, -0.2) is 42.1 Å². The zero-order valence-electron chi connectivity index (χ0n) is 14.9. The molecule has 146 valence electrons. The average molecular weight is 419 g/mol. The number of hydrogen-bond acceptors (Lipinski definition) is 6. The third-order valence-corrected chi connectivity index (χ3v) is 7.05. The number of rotatable bonds is 5. The maximum atomic E-state index is 12.9. The quantitative estimate of drug-likeness (QED) is 0.611. The highest BCUT2D eigenvalue weighted by molar-refractivity contribution is 7.92. The molecule has 2 aromatic heterocycles. The van der Waals surface area contributed by atoms with Crippen molar-refractivity contribution in [1.29, 1.82) is 0 Å². The molecule has 4 rings (SSSR count). The Morgan fingerprint density at radius 2 is 1.86 bits per heavy atom. The minimum absolute atomic E-state index is 0.110. The monoisotopic (exact) mass is 418 g/mol. The number of sulfone groups is 1. The van der Waals surface area contributed by atoms with E-state index < -0.39 is 15.1 Å². The summed E-state index contributed by atoms with van der Waals surface area (Å²) in [5, 5.41) is 9.84. The van der Waals surface area contributed by atoms with Crippen molar-refractivity contribution in [2.45, 2.75) is 23.0 Å². The SMILES string of the molecule is O=S(=O)(c1cc(Cl)nc(Nc2cc(-c3ccccc3)n[nH]2)c1)C1CCOCC1. The predicted octanol–water partition coefficient (Wildman–Crippen LogP) is 3.82. The standard InChI is InChI=1S/C19H19ClN4O3S/c20-17-10-15(28(25,26)14-6-8-27-9-7-14)11-18(21-17)22-19-12-16(23-24-19)13-4-2-1-3-5-13/h1-5,10-12,14H,6-9H2,(H2,21,22,23,24). The van der Waals surface area contributed by atoms with Gasteiger partial charge in [0.1, 0.15) is 16.8 Å². The number of halogens is 1. The third kappa shape index (κ3) is 4.04. The highest BCUT2D eigenvalue weighted by Crippen LogP contribution is 2.28. The summed E-state index contributed by atoms with van der Waals surface area (Å²) in [6.45, 7) is 0.897. The van der Waals surface area contributed by atoms with Crippen LogP contribution in [0, 0.1) is 0 Å². The average Bonchev–Trinajstić information content (AvgIpc) is 3.17. The molecule has 9 heteroatoms. The summed E-state index contributed by atoms with van der Waals surface area (Å²) in [4.78, 5) is 4.34. The number of benzene rings is 1. The second kappa shape index (κ2) is 7.90. The van der Waals surface area contributed by atoms with Crippen LogP contribution in [0.25, 0.3) is 11.3 Å². The van der Waals surface area contributed by atoms with Gasteiger partial charge in [0, 0.05) is 24.8 Å². The second-order valence-electron chi connectivity index (χ2n) is 6.53. The van der Waals surface area contributed by atoms with Crippen LogP contribution in [-0.2, 0) is 14.6 Å². The molecule has 1 aliphatic heterocycles. The number of H-pyrrole nitrogens is 1. The van der Waals surface area contributed by atoms with Crippen molar-refractivity contribution in [3.63, 3.8) is 0 Å². The van der Waals surface area contributed by atoms with Gasteiger partial charge < -0.3 is 10.1 Å². The highest BCUT2D eigenvalue weighted by atomic mass is 35.5. The molecule has 0 spiro atoms.